The van der Waals surface area contributed by atoms with Gasteiger partial charge in [0.2, 0.25) is 0 Å². The Morgan fingerprint density at radius 1 is 0.151 bits per heavy atom. The second-order valence-electron chi connectivity index (χ2n) is 29.6. The van der Waals surface area contributed by atoms with Gasteiger partial charge in [-0.15, -0.1) is 34.0 Å². The molecule has 0 fully saturated rings. The summed E-state index contributed by atoms with van der Waals surface area (Å²) in [6.07, 6.45) is 0. The molecule has 16 aromatic carbocycles. The van der Waals surface area contributed by atoms with E-state index in [-0.39, 0.29) is 0 Å². The molecule has 0 amide bonds. The maximum Gasteiger partial charge on any atom is 0.164 e. The second kappa shape index (κ2) is 30.3. The Kier molecular flexibility index (Phi) is 18.0. The van der Waals surface area contributed by atoms with E-state index in [4.69, 9.17) is 39.9 Å². The summed E-state index contributed by atoms with van der Waals surface area (Å²) < 4.78 is 7.44. The van der Waals surface area contributed by atoms with Crippen molar-refractivity contribution >= 4 is 116 Å². The lowest BCUT2D eigenvalue weighted by Gasteiger charge is -2.12. The van der Waals surface area contributed by atoms with Gasteiger partial charge in [-0.1, -0.05) is 364 Å². The predicted molar refractivity (Wildman–Crippen MR) is 500 cm³/mol. The van der Waals surface area contributed by atoms with Crippen LogP contribution < -0.4 is 0 Å². The van der Waals surface area contributed by atoms with Crippen molar-refractivity contribution in [1.82, 2.24) is 39.9 Å². The third-order valence-corrected chi connectivity index (χ3v) is 25.9. The van der Waals surface area contributed by atoms with Crippen LogP contribution in [0.1, 0.15) is 0 Å². The Bertz CT molecular complexity index is 7690. The highest BCUT2D eigenvalue weighted by atomic mass is 32.1. The van der Waals surface area contributed by atoms with Crippen LogP contribution in [0.3, 0.4) is 0 Å². The Balaban J connectivity index is 0.000000143. The quantitative estimate of drug-likeness (QED) is 0.112. The van der Waals surface area contributed by atoms with Gasteiger partial charge in [-0.25, -0.2) is 39.9 Å². The second-order valence-corrected chi connectivity index (χ2v) is 32.8. The molecular formula is C108H66N8S3. The third-order valence-electron chi connectivity index (χ3n) is 22.3. The molecule has 0 unspecified atom stereocenters. The van der Waals surface area contributed by atoms with Crippen LogP contribution >= 0.6 is 34.0 Å². The van der Waals surface area contributed by atoms with Crippen molar-refractivity contribution in [2.45, 2.75) is 0 Å². The van der Waals surface area contributed by atoms with Gasteiger partial charge in [0.15, 0.2) is 34.9 Å². The minimum atomic E-state index is 0.611. The highest BCUT2D eigenvalue weighted by Gasteiger charge is 2.23. The first kappa shape index (κ1) is 70.6. The van der Waals surface area contributed by atoms with Gasteiger partial charge in [0, 0.05) is 106 Å². The van der Waals surface area contributed by atoms with Gasteiger partial charge in [-0.3, -0.25) is 0 Å². The Morgan fingerprint density at radius 3 is 0.874 bits per heavy atom. The molecule has 7 aromatic heterocycles. The molecule has 8 nitrogen and oxygen atoms in total. The van der Waals surface area contributed by atoms with Gasteiger partial charge >= 0.3 is 0 Å². The van der Waals surface area contributed by atoms with Crippen LogP contribution in [0.2, 0.25) is 0 Å². The number of hydrogen-bond donors (Lipinski definition) is 0. The lowest BCUT2D eigenvalue weighted by atomic mass is 9.98. The van der Waals surface area contributed by atoms with Crippen LogP contribution in [0.25, 0.3) is 229 Å². The van der Waals surface area contributed by atoms with Crippen LogP contribution in [0.15, 0.2) is 400 Å². The first-order valence-corrected chi connectivity index (χ1v) is 42.1. The van der Waals surface area contributed by atoms with E-state index >= 15 is 0 Å². The van der Waals surface area contributed by atoms with E-state index in [1.165, 1.54) is 88.3 Å². The van der Waals surface area contributed by atoms with Crippen molar-refractivity contribution in [2.75, 3.05) is 0 Å². The molecule has 119 heavy (non-hydrogen) atoms. The molecule has 0 radical (unpaired) electrons. The molecule has 0 aliphatic rings. The van der Waals surface area contributed by atoms with Crippen molar-refractivity contribution in [3.8, 4) is 146 Å². The molecule has 556 valence electrons. The first-order chi connectivity index (χ1) is 58.9. The zero-order valence-corrected chi connectivity index (χ0v) is 66.4. The SMILES string of the molecule is c1ccc(-c2ccc(-c3nc(-c4ccc(-c5ccccc5)cc4)nc(-c4ccc(-c5nc6cc(-c7ccccc7)ccc6c6c5sc5ccccc56)cc4)n3)cc2)cc1.c1ccc(-c2ccc(-c3nc(-c4ccccc4)nc(-c4cccc(-c5nc6cc(-c7cccc8c7sc7ccccc78)ccc6c6c5sc5ccccc56)c4)n3)cc2)cc1. The monoisotopic (exact) mass is 1570 g/mol. The number of nitrogens with zero attached hydrogens (tertiary/aromatic N) is 8. The highest BCUT2D eigenvalue weighted by Crippen LogP contribution is 2.48. The maximum absolute atomic E-state index is 5.54. The lowest BCUT2D eigenvalue weighted by molar-refractivity contribution is 1.07. The van der Waals surface area contributed by atoms with Crippen molar-refractivity contribution in [2.24, 2.45) is 0 Å². The zero-order chi connectivity index (χ0) is 78.7. The van der Waals surface area contributed by atoms with Crippen LogP contribution in [-0.2, 0) is 0 Å². The van der Waals surface area contributed by atoms with E-state index < -0.39 is 0 Å². The number of aromatic nitrogens is 8. The summed E-state index contributed by atoms with van der Waals surface area (Å²) in [5, 5.41) is 9.89. The van der Waals surface area contributed by atoms with Gasteiger partial charge in [-0.2, -0.15) is 0 Å². The number of pyridine rings is 2. The molecule has 0 saturated carbocycles. The van der Waals surface area contributed by atoms with Gasteiger partial charge in [0.05, 0.1) is 31.8 Å². The molecule has 0 aliphatic carbocycles. The standard InChI is InChI=1S/C54H32N4S2.C54H34N4S/c1-3-13-33(14-4-1)34-25-27-36(28-26-34)53-56-52(35-15-5-2-6-16-35)57-54(58-53)39-18-11-17-38(31-39)49-51-48(44-20-8-10-24-47(44)60-51)43-30-29-37(32-45(43)55-49)40-21-12-22-42-41-19-7-9-23-46(41)59-50(40)42;1-4-12-35(13-5-1)38-20-26-41(27-21-38)52-56-53(42-28-22-39(23-29-42)36-14-6-2-7-15-36)58-54(57-52)43-30-24-40(25-31-43)50-51-49(46-18-10-11-19-48(46)59-51)45-33-32-44(34-47(45)55-50)37-16-8-3-9-17-37/h1-32H;1-34H. The average molecular weight is 1570 g/mol. The number of thiophene rings is 3. The summed E-state index contributed by atoms with van der Waals surface area (Å²) in [4.78, 5) is 41.4. The minimum absolute atomic E-state index is 0.611. The Labute approximate surface area is 697 Å². The molecule has 23 aromatic rings. The molecule has 0 aliphatic heterocycles. The lowest BCUT2D eigenvalue weighted by Crippen LogP contribution is -2.00. The van der Waals surface area contributed by atoms with Crippen LogP contribution in [0.5, 0.6) is 0 Å². The molecule has 0 bridgehead atoms. The van der Waals surface area contributed by atoms with E-state index in [9.17, 15) is 0 Å². The number of rotatable bonds is 13. The highest BCUT2D eigenvalue weighted by molar-refractivity contribution is 7.27. The minimum Gasteiger partial charge on any atom is -0.246 e. The number of benzene rings is 16. The zero-order valence-electron chi connectivity index (χ0n) is 63.9. The Morgan fingerprint density at radius 2 is 0.429 bits per heavy atom. The van der Waals surface area contributed by atoms with E-state index in [0.717, 1.165) is 106 Å². The van der Waals surface area contributed by atoms with Gasteiger partial charge < -0.3 is 0 Å². The van der Waals surface area contributed by atoms with Crippen molar-refractivity contribution in [1.29, 1.82) is 0 Å². The van der Waals surface area contributed by atoms with Gasteiger partial charge in [0.1, 0.15) is 0 Å². The van der Waals surface area contributed by atoms with E-state index in [0.29, 0.717) is 34.9 Å². The molecule has 0 saturated heterocycles. The number of fused-ring (bicyclic) bond motifs is 13. The Hall–Kier alpha value is -15.0. The molecule has 7 heterocycles. The normalized spacial score (nSPS) is 11.5. The molecule has 0 spiro atoms. The molecule has 0 N–H and O–H groups in total. The van der Waals surface area contributed by atoms with Gasteiger partial charge in [0.25, 0.3) is 0 Å². The topological polar surface area (TPSA) is 103 Å². The fourth-order valence-corrected chi connectivity index (χ4v) is 20.0. The van der Waals surface area contributed by atoms with E-state index in [1.807, 2.05) is 59.9 Å². The van der Waals surface area contributed by atoms with Crippen LogP contribution in [-0.4, -0.2) is 39.9 Å². The van der Waals surface area contributed by atoms with Crippen LogP contribution in [0.4, 0.5) is 0 Å². The smallest absolute Gasteiger partial charge is 0.164 e. The molecule has 11 heteroatoms. The molecule has 23 rings (SSSR count). The molecular weight excluding hydrogens is 1510 g/mol. The van der Waals surface area contributed by atoms with Gasteiger partial charge in [-0.05, 0) is 92.0 Å². The molecule has 0 atom stereocenters. The van der Waals surface area contributed by atoms with Crippen molar-refractivity contribution in [3.63, 3.8) is 0 Å². The van der Waals surface area contributed by atoms with Crippen molar-refractivity contribution in [3.05, 3.63) is 400 Å². The van der Waals surface area contributed by atoms with Crippen LogP contribution in [0, 0.1) is 0 Å². The summed E-state index contributed by atoms with van der Waals surface area (Å²) in [6.45, 7) is 0. The third kappa shape index (κ3) is 13.4. The number of hydrogen-bond acceptors (Lipinski definition) is 11. The summed E-state index contributed by atoms with van der Waals surface area (Å²) in [5.74, 6) is 3.73. The summed E-state index contributed by atoms with van der Waals surface area (Å²) in [7, 11) is 0. The fraction of sp³-hybridized carbons (Fsp3) is 0. The summed E-state index contributed by atoms with van der Waals surface area (Å²) >= 11 is 5.46. The largest absolute Gasteiger partial charge is 0.246 e. The summed E-state index contributed by atoms with van der Waals surface area (Å²) in [5.41, 5.74) is 23.1. The predicted octanol–water partition coefficient (Wildman–Crippen LogP) is 29.6. The first-order valence-electron chi connectivity index (χ1n) is 39.7. The average Bonchev–Trinajstić information content (AvgIpc) is 1.61. The van der Waals surface area contributed by atoms with E-state index in [1.54, 1.807) is 22.7 Å². The maximum atomic E-state index is 5.54. The van der Waals surface area contributed by atoms with E-state index in [2.05, 4.69) is 352 Å². The van der Waals surface area contributed by atoms with Crippen molar-refractivity contribution < 1.29 is 0 Å². The fourth-order valence-electron chi connectivity index (χ4n) is 16.3. The summed E-state index contributed by atoms with van der Waals surface area (Å²) in [6, 6.07) is 141.